The molecule has 31 heavy (non-hydrogen) atoms. The first-order valence-electron chi connectivity index (χ1n) is 10.2. The van der Waals surface area contributed by atoms with Crippen LogP contribution in [0.2, 0.25) is 15.1 Å². The van der Waals surface area contributed by atoms with Crippen LogP contribution in [0, 0.1) is 17.8 Å². The first-order chi connectivity index (χ1) is 14.8. The predicted molar refractivity (Wildman–Crippen MR) is 120 cm³/mol. The van der Waals surface area contributed by atoms with Gasteiger partial charge in [-0.05, 0) is 67.1 Å². The molecule has 2 aromatic rings. The van der Waals surface area contributed by atoms with Crippen molar-refractivity contribution in [3.8, 4) is 0 Å². The average Bonchev–Trinajstić information content (AvgIpc) is 2.97. The number of hydrazine groups is 1. The van der Waals surface area contributed by atoms with Crippen molar-refractivity contribution in [1.82, 2.24) is 10.0 Å². The van der Waals surface area contributed by atoms with Crippen molar-refractivity contribution < 1.29 is 14.4 Å². The number of amides is 3. The summed E-state index contributed by atoms with van der Waals surface area (Å²) < 4.78 is 0. The zero-order valence-corrected chi connectivity index (χ0v) is 19.1. The summed E-state index contributed by atoms with van der Waals surface area (Å²) in [5.74, 6) is -1.54. The smallest absolute Gasteiger partial charge is 0.272 e. The summed E-state index contributed by atoms with van der Waals surface area (Å²) in [6.45, 7) is 2.05. The minimum absolute atomic E-state index is 0.0378. The third-order valence-corrected chi connectivity index (χ3v) is 6.91. The maximum Gasteiger partial charge on any atom is 0.273 e. The van der Waals surface area contributed by atoms with E-state index in [1.54, 1.807) is 42.5 Å². The molecule has 0 radical (unpaired) electrons. The average molecular weight is 480 g/mol. The van der Waals surface area contributed by atoms with Crippen molar-refractivity contribution in [3.63, 3.8) is 0 Å². The number of halogens is 3. The van der Waals surface area contributed by atoms with Crippen molar-refractivity contribution in [1.29, 1.82) is 0 Å². The Hall–Kier alpha value is -2.08. The van der Waals surface area contributed by atoms with E-state index in [0.29, 0.717) is 45.0 Å². The Balaban J connectivity index is 1.72. The molecule has 0 aromatic heterocycles. The highest BCUT2D eigenvalue weighted by molar-refractivity contribution is 6.35. The van der Waals surface area contributed by atoms with E-state index in [9.17, 15) is 14.4 Å². The van der Waals surface area contributed by atoms with Crippen LogP contribution in [0.5, 0.6) is 0 Å². The number of hydrogen-bond acceptors (Lipinski definition) is 3. The monoisotopic (exact) mass is 478 g/mol. The minimum Gasteiger partial charge on any atom is -0.272 e. The number of carbonyl (C=O) groups is 3. The molecule has 3 atom stereocenters. The molecule has 0 spiro atoms. The maximum absolute atomic E-state index is 13.5. The van der Waals surface area contributed by atoms with Gasteiger partial charge in [-0.3, -0.25) is 14.4 Å². The molecule has 0 N–H and O–H groups in total. The van der Waals surface area contributed by atoms with Gasteiger partial charge in [0.15, 0.2) is 0 Å². The number of hydrogen-bond donors (Lipinski definition) is 0. The molecule has 5 nitrogen and oxygen atoms in total. The molecule has 2 fully saturated rings. The Morgan fingerprint density at radius 2 is 1.61 bits per heavy atom. The van der Waals surface area contributed by atoms with Gasteiger partial charge < -0.3 is 0 Å². The van der Waals surface area contributed by atoms with Gasteiger partial charge in [-0.15, -0.1) is 0 Å². The highest BCUT2D eigenvalue weighted by atomic mass is 35.5. The second kappa shape index (κ2) is 8.81. The van der Waals surface area contributed by atoms with Crippen LogP contribution in [-0.2, 0) is 16.1 Å². The molecule has 1 heterocycles. The largest absolute Gasteiger partial charge is 0.273 e. The topological polar surface area (TPSA) is 57.7 Å². The molecule has 0 bridgehead atoms. The van der Waals surface area contributed by atoms with E-state index in [0.717, 1.165) is 11.4 Å². The number of benzene rings is 2. The van der Waals surface area contributed by atoms with E-state index in [1.165, 1.54) is 5.01 Å². The minimum atomic E-state index is -0.476. The molecule has 8 heteroatoms. The fourth-order valence-electron chi connectivity index (χ4n) is 4.40. The molecule has 1 saturated heterocycles. The fraction of sp³-hybridized carbons (Fsp3) is 0.348. The quantitative estimate of drug-likeness (QED) is 0.534. The van der Waals surface area contributed by atoms with Crippen molar-refractivity contribution >= 4 is 52.5 Å². The lowest BCUT2D eigenvalue weighted by molar-refractivity contribution is -0.155. The van der Waals surface area contributed by atoms with Gasteiger partial charge in [0.05, 0.1) is 18.4 Å². The van der Waals surface area contributed by atoms with Crippen LogP contribution in [-0.4, -0.2) is 27.7 Å². The Bertz CT molecular complexity index is 1040. The summed E-state index contributed by atoms with van der Waals surface area (Å²) in [4.78, 5) is 40.0. The predicted octanol–water partition coefficient (Wildman–Crippen LogP) is 5.63. The van der Waals surface area contributed by atoms with Crippen molar-refractivity contribution in [2.75, 3.05) is 0 Å². The number of fused-ring (bicyclic) bond motifs is 1. The Morgan fingerprint density at radius 1 is 0.968 bits per heavy atom. The molecule has 4 rings (SSSR count). The SMILES string of the molecule is C[C@@H]1CC[C@@H]2C(=O)N(N(Cc3ccc(Cl)cc3Cl)C(=O)c3ccc(Cl)cc3)C(=O)[C@@H]2C1. The lowest BCUT2D eigenvalue weighted by Crippen LogP contribution is -2.49. The van der Waals surface area contributed by atoms with Crippen LogP contribution in [0.15, 0.2) is 42.5 Å². The highest BCUT2D eigenvalue weighted by Crippen LogP contribution is 2.41. The van der Waals surface area contributed by atoms with E-state index in [2.05, 4.69) is 6.92 Å². The maximum atomic E-state index is 13.5. The Morgan fingerprint density at radius 3 is 2.29 bits per heavy atom. The number of carbonyl (C=O) groups excluding carboxylic acids is 3. The summed E-state index contributed by atoms with van der Waals surface area (Å²) in [5, 5.41) is 3.53. The van der Waals surface area contributed by atoms with Crippen molar-refractivity contribution in [2.45, 2.75) is 32.7 Å². The second-order valence-corrected chi connectivity index (χ2v) is 9.50. The summed E-state index contributed by atoms with van der Waals surface area (Å²) >= 11 is 18.3. The standard InChI is InChI=1S/C23H21Cl3N2O3/c1-13-2-9-18-19(10-13)23(31)28(22(18)30)27(12-15-5-8-17(25)11-20(15)26)21(29)14-3-6-16(24)7-4-14/h3-8,11,13,18-19H,2,9-10,12H2,1H3/t13-,18+,19-/m1/s1. The molecule has 1 aliphatic carbocycles. The number of nitrogens with zero attached hydrogens (tertiary/aromatic N) is 2. The number of rotatable bonds is 4. The molecule has 2 aliphatic rings. The van der Waals surface area contributed by atoms with Gasteiger partial charge in [-0.25, -0.2) is 5.01 Å². The summed E-state index contributed by atoms with van der Waals surface area (Å²) in [5.41, 5.74) is 0.899. The molecule has 2 aromatic carbocycles. The molecular weight excluding hydrogens is 459 g/mol. The molecule has 0 unspecified atom stereocenters. The van der Waals surface area contributed by atoms with Gasteiger partial charge in [-0.1, -0.05) is 47.8 Å². The van der Waals surface area contributed by atoms with Crippen LogP contribution < -0.4 is 0 Å². The van der Waals surface area contributed by atoms with Crippen LogP contribution in [0.4, 0.5) is 0 Å². The van der Waals surface area contributed by atoms with E-state index in [-0.39, 0.29) is 24.3 Å². The lowest BCUT2D eigenvalue weighted by atomic mass is 9.76. The zero-order chi connectivity index (χ0) is 22.3. The van der Waals surface area contributed by atoms with Gasteiger partial charge in [-0.2, -0.15) is 5.01 Å². The molecule has 1 aliphatic heterocycles. The summed E-state index contributed by atoms with van der Waals surface area (Å²) in [6.07, 6.45) is 2.19. The molecule has 1 saturated carbocycles. The van der Waals surface area contributed by atoms with E-state index in [4.69, 9.17) is 34.8 Å². The van der Waals surface area contributed by atoms with E-state index >= 15 is 0 Å². The normalized spacial score (nSPS) is 23.1. The third kappa shape index (κ3) is 4.32. The van der Waals surface area contributed by atoms with Gasteiger partial charge >= 0.3 is 0 Å². The Labute approximate surface area is 195 Å². The van der Waals surface area contributed by atoms with Crippen LogP contribution in [0.25, 0.3) is 0 Å². The van der Waals surface area contributed by atoms with E-state index in [1.807, 2.05) is 0 Å². The summed E-state index contributed by atoms with van der Waals surface area (Å²) in [7, 11) is 0. The van der Waals surface area contributed by atoms with Gasteiger partial charge in [0, 0.05) is 20.6 Å². The van der Waals surface area contributed by atoms with Gasteiger partial charge in [0.1, 0.15) is 0 Å². The van der Waals surface area contributed by atoms with Gasteiger partial charge in [0.2, 0.25) is 0 Å². The van der Waals surface area contributed by atoms with Gasteiger partial charge in [0.25, 0.3) is 17.7 Å². The highest BCUT2D eigenvalue weighted by Gasteiger charge is 2.52. The Kier molecular flexibility index (Phi) is 6.29. The zero-order valence-electron chi connectivity index (χ0n) is 16.9. The lowest BCUT2D eigenvalue weighted by Gasteiger charge is -2.31. The first-order valence-corrected chi connectivity index (χ1v) is 11.3. The molecule has 162 valence electrons. The van der Waals surface area contributed by atoms with Crippen molar-refractivity contribution in [2.24, 2.45) is 17.8 Å². The van der Waals surface area contributed by atoms with Crippen molar-refractivity contribution in [3.05, 3.63) is 68.7 Å². The van der Waals surface area contributed by atoms with Crippen LogP contribution in [0.3, 0.4) is 0 Å². The second-order valence-electron chi connectivity index (χ2n) is 8.22. The molecular formula is C23H21Cl3N2O3. The molecule has 3 amide bonds. The first kappa shape index (κ1) is 22.1. The number of imide groups is 1. The fourth-order valence-corrected chi connectivity index (χ4v) is 4.99. The third-order valence-electron chi connectivity index (χ3n) is 6.07. The van der Waals surface area contributed by atoms with Crippen LogP contribution >= 0.6 is 34.8 Å². The van der Waals surface area contributed by atoms with E-state index < -0.39 is 11.8 Å². The summed E-state index contributed by atoms with van der Waals surface area (Å²) in [6, 6.07) is 11.2. The van der Waals surface area contributed by atoms with Crippen LogP contribution in [0.1, 0.15) is 42.1 Å².